The number of para-hydroxylation sites is 1. The summed E-state index contributed by atoms with van der Waals surface area (Å²) in [7, 11) is 0. The molecule has 2 aromatic carbocycles. The Labute approximate surface area is 124 Å². The van der Waals surface area contributed by atoms with Crippen LogP contribution in [0.3, 0.4) is 0 Å². The molecule has 100 valence electrons. The van der Waals surface area contributed by atoms with Gasteiger partial charge in [0.25, 0.3) is 5.56 Å². The molecule has 3 aromatic rings. The van der Waals surface area contributed by atoms with Crippen molar-refractivity contribution in [1.29, 1.82) is 0 Å². The predicted molar refractivity (Wildman–Crippen MR) is 83.7 cm³/mol. The second-order valence-corrected chi connectivity index (χ2v) is 5.31. The van der Waals surface area contributed by atoms with Gasteiger partial charge in [0.1, 0.15) is 0 Å². The maximum atomic E-state index is 12.4. The maximum absolute atomic E-state index is 12.4. The van der Waals surface area contributed by atoms with Gasteiger partial charge < -0.3 is 5.73 Å². The molecule has 2 N–H and O–H groups in total. The van der Waals surface area contributed by atoms with Crippen molar-refractivity contribution in [2.45, 2.75) is 6.54 Å². The molecule has 0 radical (unpaired) electrons. The average Bonchev–Trinajstić information content (AvgIpc) is 2.47. The number of halogens is 1. The SMILES string of the molecule is Nc1cccc(Cn2cnc3ccccc3c2=O)c1Br. The van der Waals surface area contributed by atoms with Gasteiger partial charge in [0.15, 0.2) is 0 Å². The predicted octanol–water partition coefficient (Wildman–Crippen LogP) is 2.79. The van der Waals surface area contributed by atoms with Crippen LogP contribution in [0.15, 0.2) is 58.1 Å². The molecule has 0 spiro atoms. The van der Waals surface area contributed by atoms with Crippen LogP contribution < -0.4 is 11.3 Å². The first kappa shape index (κ1) is 12.9. The van der Waals surface area contributed by atoms with Gasteiger partial charge in [-0.1, -0.05) is 24.3 Å². The highest BCUT2D eigenvalue weighted by molar-refractivity contribution is 9.10. The van der Waals surface area contributed by atoms with E-state index in [0.717, 1.165) is 10.0 Å². The van der Waals surface area contributed by atoms with E-state index >= 15 is 0 Å². The first-order chi connectivity index (χ1) is 9.66. The summed E-state index contributed by atoms with van der Waals surface area (Å²) >= 11 is 3.45. The van der Waals surface area contributed by atoms with E-state index in [0.29, 0.717) is 23.1 Å². The zero-order chi connectivity index (χ0) is 14.1. The van der Waals surface area contributed by atoms with Gasteiger partial charge in [-0.25, -0.2) is 4.98 Å². The number of nitrogens with two attached hydrogens (primary N) is 1. The highest BCUT2D eigenvalue weighted by Crippen LogP contribution is 2.24. The Morgan fingerprint density at radius 2 is 1.95 bits per heavy atom. The van der Waals surface area contributed by atoms with E-state index in [1.54, 1.807) is 17.0 Å². The lowest BCUT2D eigenvalue weighted by Crippen LogP contribution is -2.21. The first-order valence-corrected chi connectivity index (χ1v) is 6.93. The highest BCUT2D eigenvalue weighted by Gasteiger charge is 2.07. The van der Waals surface area contributed by atoms with E-state index in [1.807, 2.05) is 36.4 Å². The smallest absolute Gasteiger partial charge is 0.261 e. The molecule has 0 saturated heterocycles. The summed E-state index contributed by atoms with van der Waals surface area (Å²) in [6.07, 6.45) is 1.57. The van der Waals surface area contributed by atoms with Gasteiger partial charge in [-0.3, -0.25) is 9.36 Å². The Morgan fingerprint density at radius 1 is 1.15 bits per heavy atom. The average molecular weight is 330 g/mol. The number of anilines is 1. The van der Waals surface area contributed by atoms with Gasteiger partial charge in [-0.05, 0) is 39.7 Å². The monoisotopic (exact) mass is 329 g/mol. The summed E-state index contributed by atoms with van der Waals surface area (Å²) in [4.78, 5) is 16.7. The second kappa shape index (κ2) is 5.09. The van der Waals surface area contributed by atoms with Crippen LogP contribution in [0.4, 0.5) is 5.69 Å². The molecule has 0 atom stereocenters. The summed E-state index contributed by atoms with van der Waals surface area (Å²) in [5, 5.41) is 0.620. The summed E-state index contributed by atoms with van der Waals surface area (Å²) in [5.74, 6) is 0. The lowest BCUT2D eigenvalue weighted by atomic mass is 10.2. The highest BCUT2D eigenvalue weighted by atomic mass is 79.9. The van der Waals surface area contributed by atoms with Crippen molar-refractivity contribution < 1.29 is 0 Å². The number of nitrogen functional groups attached to an aromatic ring is 1. The van der Waals surface area contributed by atoms with Crippen LogP contribution >= 0.6 is 15.9 Å². The van der Waals surface area contributed by atoms with Gasteiger partial charge in [-0.2, -0.15) is 0 Å². The lowest BCUT2D eigenvalue weighted by molar-refractivity contribution is 0.746. The summed E-state index contributed by atoms with van der Waals surface area (Å²) < 4.78 is 2.40. The molecule has 0 aliphatic heterocycles. The minimum Gasteiger partial charge on any atom is -0.398 e. The minimum atomic E-state index is -0.0510. The fourth-order valence-corrected chi connectivity index (χ4v) is 2.51. The number of hydrogen-bond donors (Lipinski definition) is 1. The van der Waals surface area contributed by atoms with Crippen LogP contribution in [-0.2, 0) is 6.54 Å². The molecule has 1 heterocycles. The Hall–Kier alpha value is -2.14. The molecule has 20 heavy (non-hydrogen) atoms. The molecule has 0 fully saturated rings. The number of benzene rings is 2. The Balaban J connectivity index is 2.10. The maximum Gasteiger partial charge on any atom is 0.261 e. The molecule has 0 aliphatic carbocycles. The van der Waals surface area contributed by atoms with E-state index < -0.39 is 0 Å². The summed E-state index contributed by atoms with van der Waals surface area (Å²) in [6, 6.07) is 12.9. The van der Waals surface area contributed by atoms with Crippen LogP contribution in [0.5, 0.6) is 0 Å². The van der Waals surface area contributed by atoms with E-state index in [2.05, 4.69) is 20.9 Å². The lowest BCUT2D eigenvalue weighted by Gasteiger charge is -2.09. The fraction of sp³-hybridized carbons (Fsp3) is 0.0667. The van der Waals surface area contributed by atoms with Gasteiger partial charge in [0.2, 0.25) is 0 Å². The van der Waals surface area contributed by atoms with Crippen molar-refractivity contribution in [2.24, 2.45) is 0 Å². The molecule has 0 amide bonds. The standard InChI is InChI=1S/C15H12BrN3O/c16-14-10(4-3-6-12(14)17)8-19-9-18-13-7-2-1-5-11(13)15(19)20/h1-7,9H,8,17H2. The molecular formula is C15H12BrN3O. The van der Waals surface area contributed by atoms with E-state index in [9.17, 15) is 4.79 Å². The van der Waals surface area contributed by atoms with Gasteiger partial charge >= 0.3 is 0 Å². The topological polar surface area (TPSA) is 60.9 Å². The minimum absolute atomic E-state index is 0.0510. The zero-order valence-electron chi connectivity index (χ0n) is 10.6. The quantitative estimate of drug-likeness (QED) is 0.735. The Bertz CT molecular complexity index is 842. The van der Waals surface area contributed by atoms with Crippen molar-refractivity contribution in [2.75, 3.05) is 5.73 Å². The zero-order valence-corrected chi connectivity index (χ0v) is 12.2. The van der Waals surface area contributed by atoms with E-state index in [1.165, 1.54) is 0 Å². The molecule has 1 aromatic heterocycles. The molecule has 4 nitrogen and oxygen atoms in total. The fourth-order valence-electron chi connectivity index (χ4n) is 2.12. The van der Waals surface area contributed by atoms with Crippen molar-refractivity contribution >= 4 is 32.5 Å². The van der Waals surface area contributed by atoms with Crippen LogP contribution in [0.1, 0.15) is 5.56 Å². The van der Waals surface area contributed by atoms with Gasteiger partial charge in [-0.15, -0.1) is 0 Å². The number of nitrogens with zero attached hydrogens (tertiary/aromatic N) is 2. The van der Waals surface area contributed by atoms with Gasteiger partial charge in [0, 0.05) is 10.2 Å². The normalized spacial score (nSPS) is 10.8. The van der Waals surface area contributed by atoms with E-state index in [4.69, 9.17) is 5.73 Å². The first-order valence-electron chi connectivity index (χ1n) is 6.14. The molecule has 5 heteroatoms. The van der Waals surface area contributed by atoms with Crippen LogP contribution in [0, 0.1) is 0 Å². The third-order valence-electron chi connectivity index (χ3n) is 3.18. The van der Waals surface area contributed by atoms with Crippen LogP contribution in [-0.4, -0.2) is 9.55 Å². The summed E-state index contributed by atoms with van der Waals surface area (Å²) in [5.41, 5.74) is 8.12. The molecule has 0 saturated carbocycles. The molecule has 0 unspecified atom stereocenters. The Morgan fingerprint density at radius 3 is 2.80 bits per heavy atom. The summed E-state index contributed by atoms with van der Waals surface area (Å²) in [6.45, 7) is 0.433. The van der Waals surface area contributed by atoms with Crippen molar-refractivity contribution in [3.8, 4) is 0 Å². The van der Waals surface area contributed by atoms with Gasteiger partial charge in [0.05, 0.1) is 23.8 Å². The Kier molecular flexibility index (Phi) is 3.28. The number of fused-ring (bicyclic) bond motifs is 1. The van der Waals surface area contributed by atoms with Crippen molar-refractivity contribution in [3.05, 3.63) is 69.2 Å². The molecule has 0 bridgehead atoms. The number of hydrogen-bond acceptors (Lipinski definition) is 3. The molecule has 3 rings (SSSR count). The molecule has 0 aliphatic rings. The largest absolute Gasteiger partial charge is 0.398 e. The van der Waals surface area contributed by atoms with Crippen LogP contribution in [0.25, 0.3) is 10.9 Å². The second-order valence-electron chi connectivity index (χ2n) is 4.52. The van der Waals surface area contributed by atoms with Crippen molar-refractivity contribution in [1.82, 2.24) is 9.55 Å². The van der Waals surface area contributed by atoms with E-state index in [-0.39, 0.29) is 5.56 Å². The third kappa shape index (κ3) is 2.20. The number of aromatic nitrogens is 2. The van der Waals surface area contributed by atoms with Crippen molar-refractivity contribution in [3.63, 3.8) is 0 Å². The third-order valence-corrected chi connectivity index (χ3v) is 4.15. The van der Waals surface area contributed by atoms with Crippen LogP contribution in [0.2, 0.25) is 0 Å². The molecular weight excluding hydrogens is 318 g/mol. The number of rotatable bonds is 2.